The van der Waals surface area contributed by atoms with E-state index in [0.29, 0.717) is 6.29 Å². The Balaban J connectivity index is 3.17. The highest BCUT2D eigenvalue weighted by Gasteiger charge is 2.26. The lowest BCUT2D eigenvalue weighted by atomic mass is 10.0. The van der Waals surface area contributed by atoms with Gasteiger partial charge in [0, 0.05) is 11.1 Å². The number of primary amides is 1. The Morgan fingerprint density at radius 3 is 2.59 bits per heavy atom. The van der Waals surface area contributed by atoms with E-state index in [9.17, 15) is 19.8 Å². The maximum Gasteiger partial charge on any atom is 0.249 e. The van der Waals surface area contributed by atoms with Gasteiger partial charge in [0.05, 0.1) is 7.11 Å². The van der Waals surface area contributed by atoms with Crippen LogP contribution in [0.15, 0.2) is 18.2 Å². The molecule has 0 saturated carbocycles. The number of benzene rings is 1. The first-order valence-electron chi connectivity index (χ1n) is 4.79. The van der Waals surface area contributed by atoms with Crippen LogP contribution in [0.2, 0.25) is 0 Å². The molecule has 1 amide bonds. The number of hydrogen-bond acceptors (Lipinski definition) is 5. The molecule has 0 aliphatic carbocycles. The summed E-state index contributed by atoms with van der Waals surface area (Å²) >= 11 is 0. The van der Waals surface area contributed by atoms with E-state index in [1.54, 1.807) is 0 Å². The van der Waals surface area contributed by atoms with Gasteiger partial charge in [0.2, 0.25) is 5.91 Å². The van der Waals surface area contributed by atoms with Gasteiger partial charge in [-0.3, -0.25) is 9.59 Å². The van der Waals surface area contributed by atoms with Crippen LogP contribution in [-0.4, -0.2) is 35.6 Å². The summed E-state index contributed by atoms with van der Waals surface area (Å²) in [5.74, 6) is -0.806. The normalized spacial score (nSPS) is 13.8. The van der Waals surface area contributed by atoms with Gasteiger partial charge in [-0.25, -0.2) is 0 Å². The first-order chi connectivity index (χ1) is 8.01. The number of aldehydes is 1. The minimum absolute atomic E-state index is 0.128. The second-order valence-electron chi connectivity index (χ2n) is 3.41. The van der Waals surface area contributed by atoms with Crippen LogP contribution in [-0.2, 0) is 4.79 Å². The molecule has 0 bridgehead atoms. The van der Waals surface area contributed by atoms with Crippen molar-refractivity contribution < 1.29 is 24.5 Å². The van der Waals surface area contributed by atoms with Gasteiger partial charge >= 0.3 is 0 Å². The third kappa shape index (κ3) is 2.80. The molecule has 4 N–H and O–H groups in total. The first-order valence-corrected chi connectivity index (χ1v) is 4.79. The molecule has 0 fully saturated rings. The Morgan fingerprint density at radius 1 is 1.47 bits per heavy atom. The van der Waals surface area contributed by atoms with Crippen LogP contribution >= 0.6 is 0 Å². The van der Waals surface area contributed by atoms with Crippen molar-refractivity contribution in [3.05, 3.63) is 29.3 Å². The van der Waals surface area contributed by atoms with Crippen molar-refractivity contribution >= 4 is 12.2 Å². The van der Waals surface area contributed by atoms with Crippen molar-refractivity contribution in [2.75, 3.05) is 7.11 Å². The van der Waals surface area contributed by atoms with Gasteiger partial charge < -0.3 is 20.7 Å². The van der Waals surface area contributed by atoms with Gasteiger partial charge in [0.1, 0.15) is 18.1 Å². The van der Waals surface area contributed by atoms with Crippen LogP contribution in [0, 0.1) is 0 Å². The minimum atomic E-state index is -1.76. The van der Waals surface area contributed by atoms with E-state index in [1.807, 2.05) is 0 Å². The van der Waals surface area contributed by atoms with Crippen molar-refractivity contribution in [3.63, 3.8) is 0 Å². The summed E-state index contributed by atoms with van der Waals surface area (Å²) in [5.41, 5.74) is 5.29. The second-order valence-corrected chi connectivity index (χ2v) is 3.41. The van der Waals surface area contributed by atoms with E-state index in [4.69, 9.17) is 10.5 Å². The van der Waals surface area contributed by atoms with Gasteiger partial charge in [0.25, 0.3) is 0 Å². The van der Waals surface area contributed by atoms with Crippen molar-refractivity contribution in [2.24, 2.45) is 5.73 Å². The lowest BCUT2D eigenvalue weighted by molar-refractivity contribution is -0.132. The summed E-state index contributed by atoms with van der Waals surface area (Å²) in [5, 5.41) is 19.1. The Hall–Kier alpha value is -1.92. The molecule has 0 radical (unpaired) electrons. The van der Waals surface area contributed by atoms with E-state index < -0.39 is 18.1 Å². The number of carbonyl (C=O) groups excluding carboxylic acids is 2. The lowest BCUT2D eigenvalue weighted by Crippen LogP contribution is -2.34. The van der Waals surface area contributed by atoms with Crippen molar-refractivity contribution in [3.8, 4) is 5.75 Å². The molecule has 0 heterocycles. The van der Waals surface area contributed by atoms with Crippen molar-refractivity contribution in [2.45, 2.75) is 12.2 Å². The summed E-state index contributed by atoms with van der Waals surface area (Å²) in [6.07, 6.45) is -2.72. The topological polar surface area (TPSA) is 110 Å². The minimum Gasteiger partial charge on any atom is -0.496 e. The standard InChI is InChI=1S/C11H13NO5/c1-17-8-3-2-6(5-13)4-7(8)9(14)10(15)11(12)16/h2-5,9-10,14-15H,1H3,(H2,12,16). The SMILES string of the molecule is COc1ccc(C=O)cc1C(O)C(O)C(N)=O. The fourth-order valence-corrected chi connectivity index (χ4v) is 1.38. The van der Waals surface area contributed by atoms with Gasteiger partial charge in [-0.2, -0.15) is 0 Å². The van der Waals surface area contributed by atoms with Crippen molar-refractivity contribution in [1.29, 1.82) is 0 Å². The molecular weight excluding hydrogens is 226 g/mol. The van der Waals surface area contributed by atoms with Crippen LogP contribution in [0.25, 0.3) is 0 Å². The monoisotopic (exact) mass is 239 g/mol. The molecule has 0 aromatic heterocycles. The quantitative estimate of drug-likeness (QED) is 0.593. The molecule has 1 rings (SSSR count). The van der Waals surface area contributed by atoms with E-state index in [2.05, 4.69) is 0 Å². The Labute approximate surface area is 97.6 Å². The molecule has 0 spiro atoms. The Bertz CT molecular complexity index is 432. The van der Waals surface area contributed by atoms with E-state index in [1.165, 1.54) is 25.3 Å². The molecule has 6 heteroatoms. The van der Waals surface area contributed by atoms with Crippen LogP contribution in [0.3, 0.4) is 0 Å². The number of hydrogen-bond donors (Lipinski definition) is 3. The van der Waals surface area contributed by atoms with Gasteiger partial charge in [-0.05, 0) is 18.2 Å². The molecule has 2 atom stereocenters. The molecule has 6 nitrogen and oxygen atoms in total. The third-order valence-corrected chi connectivity index (χ3v) is 2.30. The molecule has 0 aliphatic heterocycles. The summed E-state index contributed by atoms with van der Waals surface area (Å²) in [6.45, 7) is 0. The van der Waals surface area contributed by atoms with E-state index >= 15 is 0 Å². The zero-order valence-electron chi connectivity index (χ0n) is 9.16. The first kappa shape index (κ1) is 13.1. The number of amides is 1. The van der Waals surface area contributed by atoms with E-state index in [-0.39, 0.29) is 16.9 Å². The van der Waals surface area contributed by atoms with Crippen LogP contribution in [0.5, 0.6) is 5.75 Å². The maximum atomic E-state index is 10.8. The van der Waals surface area contributed by atoms with Crippen LogP contribution in [0.4, 0.5) is 0 Å². The maximum absolute atomic E-state index is 10.8. The Kier molecular flexibility index (Phi) is 4.19. The number of carbonyl (C=O) groups is 2. The molecule has 92 valence electrons. The summed E-state index contributed by atoms with van der Waals surface area (Å²) in [7, 11) is 1.36. The largest absolute Gasteiger partial charge is 0.496 e. The number of methoxy groups -OCH3 is 1. The predicted octanol–water partition coefficient (Wildman–Crippen LogP) is -0.613. The molecule has 1 aromatic carbocycles. The number of aliphatic hydroxyl groups excluding tert-OH is 2. The average Bonchev–Trinajstić information content (AvgIpc) is 2.35. The number of aliphatic hydroxyl groups is 2. The molecule has 0 saturated heterocycles. The predicted molar refractivity (Wildman–Crippen MR) is 58.5 cm³/mol. The molecule has 2 unspecified atom stereocenters. The molecule has 17 heavy (non-hydrogen) atoms. The second kappa shape index (κ2) is 5.42. The van der Waals surface area contributed by atoms with Gasteiger partial charge in [0.15, 0.2) is 6.10 Å². The Morgan fingerprint density at radius 2 is 2.12 bits per heavy atom. The number of rotatable bonds is 5. The van der Waals surface area contributed by atoms with Crippen LogP contribution < -0.4 is 10.5 Å². The van der Waals surface area contributed by atoms with Crippen LogP contribution in [0.1, 0.15) is 22.0 Å². The number of ether oxygens (including phenoxy) is 1. The summed E-state index contributed by atoms with van der Waals surface area (Å²) < 4.78 is 4.96. The third-order valence-electron chi connectivity index (χ3n) is 2.30. The molecule has 0 aliphatic rings. The van der Waals surface area contributed by atoms with Crippen molar-refractivity contribution in [1.82, 2.24) is 0 Å². The summed E-state index contributed by atoms with van der Waals surface area (Å²) in [6, 6.07) is 4.26. The highest BCUT2D eigenvalue weighted by atomic mass is 16.5. The smallest absolute Gasteiger partial charge is 0.249 e. The average molecular weight is 239 g/mol. The zero-order chi connectivity index (χ0) is 13.0. The molecule has 1 aromatic rings. The zero-order valence-corrected chi connectivity index (χ0v) is 9.16. The van der Waals surface area contributed by atoms with Gasteiger partial charge in [-0.15, -0.1) is 0 Å². The van der Waals surface area contributed by atoms with E-state index in [0.717, 1.165) is 0 Å². The fourth-order valence-electron chi connectivity index (χ4n) is 1.38. The lowest BCUT2D eigenvalue weighted by Gasteiger charge is -2.18. The summed E-state index contributed by atoms with van der Waals surface area (Å²) in [4.78, 5) is 21.4. The molecular formula is C11H13NO5. The number of nitrogens with two attached hydrogens (primary N) is 1. The highest BCUT2D eigenvalue weighted by molar-refractivity contribution is 5.80. The van der Waals surface area contributed by atoms with Gasteiger partial charge in [-0.1, -0.05) is 0 Å². The highest BCUT2D eigenvalue weighted by Crippen LogP contribution is 2.28. The fraction of sp³-hybridized carbons (Fsp3) is 0.273.